The van der Waals surface area contributed by atoms with Gasteiger partial charge in [0, 0.05) is 46.2 Å². The minimum Gasteiger partial charge on any atom is -0.314 e. The van der Waals surface area contributed by atoms with Gasteiger partial charge in [-0.25, -0.2) is 5.01 Å². The Morgan fingerprint density at radius 3 is 2.73 bits per heavy atom. The summed E-state index contributed by atoms with van der Waals surface area (Å²) in [4.78, 5) is 13.6. The lowest BCUT2D eigenvalue weighted by Gasteiger charge is -2.29. The molecule has 0 radical (unpaired) electrons. The summed E-state index contributed by atoms with van der Waals surface area (Å²) in [7, 11) is 1.74. The van der Waals surface area contributed by atoms with Crippen LogP contribution >= 0.6 is 0 Å². The van der Waals surface area contributed by atoms with Gasteiger partial charge in [0.05, 0.1) is 5.71 Å². The van der Waals surface area contributed by atoms with Crippen molar-refractivity contribution in [1.82, 2.24) is 15.2 Å². The van der Waals surface area contributed by atoms with E-state index in [1.807, 2.05) is 0 Å². The number of carbonyl (C=O) groups excluding carboxylic acids is 1. The van der Waals surface area contributed by atoms with Crippen molar-refractivity contribution in [2.24, 2.45) is 5.10 Å². The Hall–Kier alpha value is -0.940. The molecule has 0 aromatic heterocycles. The maximum atomic E-state index is 11.2. The molecule has 2 aliphatic heterocycles. The summed E-state index contributed by atoms with van der Waals surface area (Å²) in [5, 5.41) is 9.09. The number of piperazine rings is 1. The fourth-order valence-electron chi connectivity index (χ4n) is 1.97. The van der Waals surface area contributed by atoms with Crippen molar-refractivity contribution < 1.29 is 4.79 Å². The molecule has 0 spiro atoms. The van der Waals surface area contributed by atoms with Crippen LogP contribution in [0.2, 0.25) is 0 Å². The van der Waals surface area contributed by atoms with E-state index in [0.717, 1.165) is 44.9 Å². The Bertz CT molecular complexity index is 271. The fraction of sp³-hybridized carbons (Fsp3) is 0.800. The second-order valence-corrected chi connectivity index (χ2v) is 4.11. The predicted octanol–water partition coefficient (Wildman–Crippen LogP) is -0.500. The van der Waals surface area contributed by atoms with Gasteiger partial charge in [-0.3, -0.25) is 9.69 Å². The Morgan fingerprint density at radius 1 is 1.33 bits per heavy atom. The van der Waals surface area contributed by atoms with Crippen LogP contribution < -0.4 is 5.32 Å². The van der Waals surface area contributed by atoms with E-state index in [4.69, 9.17) is 0 Å². The molecule has 1 N–H and O–H groups in total. The van der Waals surface area contributed by atoms with Crippen LogP contribution in [0.5, 0.6) is 0 Å². The maximum Gasteiger partial charge on any atom is 0.242 e. The van der Waals surface area contributed by atoms with Crippen molar-refractivity contribution in [1.29, 1.82) is 0 Å². The lowest BCUT2D eigenvalue weighted by molar-refractivity contribution is -0.130. The highest BCUT2D eigenvalue weighted by atomic mass is 16.2. The van der Waals surface area contributed by atoms with Gasteiger partial charge in [0.1, 0.15) is 0 Å². The van der Waals surface area contributed by atoms with Crippen molar-refractivity contribution in [3.05, 3.63) is 0 Å². The highest BCUT2D eigenvalue weighted by Crippen LogP contribution is 2.08. The first kappa shape index (κ1) is 10.6. The first-order valence-electron chi connectivity index (χ1n) is 5.52. The van der Waals surface area contributed by atoms with E-state index in [2.05, 4.69) is 15.3 Å². The summed E-state index contributed by atoms with van der Waals surface area (Å²) in [6.07, 6.45) is 1.44. The molecule has 0 aromatic rings. The summed E-state index contributed by atoms with van der Waals surface area (Å²) in [6, 6.07) is 0. The van der Waals surface area contributed by atoms with E-state index < -0.39 is 0 Å². The van der Waals surface area contributed by atoms with Crippen molar-refractivity contribution >= 4 is 11.6 Å². The first-order chi connectivity index (χ1) is 7.25. The van der Waals surface area contributed by atoms with Gasteiger partial charge in [0.2, 0.25) is 5.91 Å². The Morgan fingerprint density at radius 2 is 2.07 bits per heavy atom. The molecule has 0 atom stereocenters. The third kappa shape index (κ3) is 2.76. The van der Waals surface area contributed by atoms with Crippen molar-refractivity contribution in [2.45, 2.75) is 12.8 Å². The zero-order valence-electron chi connectivity index (χ0n) is 9.20. The summed E-state index contributed by atoms with van der Waals surface area (Å²) in [5.74, 6) is 0.124. The van der Waals surface area contributed by atoms with Crippen LogP contribution in [-0.2, 0) is 4.79 Å². The second kappa shape index (κ2) is 4.72. The SMILES string of the molecule is CN1N=C(CN2CCNCC2)CCC1=O. The molecule has 1 saturated heterocycles. The summed E-state index contributed by atoms with van der Waals surface area (Å²) in [6.45, 7) is 5.19. The first-order valence-corrected chi connectivity index (χ1v) is 5.52. The lowest BCUT2D eigenvalue weighted by Crippen LogP contribution is -2.46. The predicted molar refractivity (Wildman–Crippen MR) is 58.7 cm³/mol. The highest BCUT2D eigenvalue weighted by molar-refractivity contribution is 5.93. The van der Waals surface area contributed by atoms with Gasteiger partial charge >= 0.3 is 0 Å². The Labute approximate surface area is 90.1 Å². The van der Waals surface area contributed by atoms with E-state index in [9.17, 15) is 4.79 Å². The van der Waals surface area contributed by atoms with Crippen LogP contribution in [0.25, 0.3) is 0 Å². The molecule has 2 aliphatic rings. The minimum absolute atomic E-state index is 0.124. The quantitative estimate of drug-likeness (QED) is 0.668. The molecule has 15 heavy (non-hydrogen) atoms. The molecule has 5 heteroatoms. The second-order valence-electron chi connectivity index (χ2n) is 4.11. The molecule has 1 amide bonds. The summed E-state index contributed by atoms with van der Waals surface area (Å²) in [5.41, 5.74) is 1.14. The van der Waals surface area contributed by atoms with Crippen LogP contribution in [0.3, 0.4) is 0 Å². The smallest absolute Gasteiger partial charge is 0.242 e. The molecule has 0 unspecified atom stereocenters. The van der Waals surface area contributed by atoms with E-state index in [1.54, 1.807) is 7.05 Å². The molecule has 2 heterocycles. The maximum absolute atomic E-state index is 11.2. The molecule has 2 rings (SSSR count). The number of rotatable bonds is 2. The van der Waals surface area contributed by atoms with Gasteiger partial charge in [0.15, 0.2) is 0 Å². The van der Waals surface area contributed by atoms with Crippen LogP contribution in [0.4, 0.5) is 0 Å². The normalized spacial score (nSPS) is 24.2. The molecule has 0 aliphatic carbocycles. The van der Waals surface area contributed by atoms with Crippen LogP contribution in [-0.4, -0.2) is 61.3 Å². The molecular formula is C10H18N4O. The third-order valence-electron chi connectivity index (χ3n) is 2.90. The standard InChI is InChI=1S/C10H18N4O/c1-13-10(15)3-2-9(12-13)8-14-6-4-11-5-7-14/h11H,2-8H2,1H3. The minimum atomic E-state index is 0.124. The van der Waals surface area contributed by atoms with Gasteiger partial charge in [-0.15, -0.1) is 0 Å². The van der Waals surface area contributed by atoms with Crippen molar-refractivity contribution in [2.75, 3.05) is 39.8 Å². The number of nitrogens with zero attached hydrogens (tertiary/aromatic N) is 3. The van der Waals surface area contributed by atoms with Gasteiger partial charge in [0.25, 0.3) is 0 Å². The van der Waals surface area contributed by atoms with Gasteiger partial charge in [-0.1, -0.05) is 0 Å². The van der Waals surface area contributed by atoms with E-state index >= 15 is 0 Å². The van der Waals surface area contributed by atoms with Crippen molar-refractivity contribution in [3.63, 3.8) is 0 Å². The molecule has 5 nitrogen and oxygen atoms in total. The number of amides is 1. The molecule has 84 valence electrons. The fourth-order valence-corrected chi connectivity index (χ4v) is 1.97. The number of carbonyl (C=O) groups is 1. The largest absolute Gasteiger partial charge is 0.314 e. The van der Waals surface area contributed by atoms with E-state index in [1.165, 1.54) is 5.01 Å². The Kier molecular flexibility index (Phi) is 3.33. The van der Waals surface area contributed by atoms with Crippen LogP contribution in [0.1, 0.15) is 12.8 Å². The number of hydrogen-bond donors (Lipinski definition) is 1. The molecule has 0 aromatic carbocycles. The van der Waals surface area contributed by atoms with Crippen molar-refractivity contribution in [3.8, 4) is 0 Å². The van der Waals surface area contributed by atoms with Gasteiger partial charge in [-0.05, 0) is 6.42 Å². The van der Waals surface area contributed by atoms with Crippen LogP contribution in [0.15, 0.2) is 5.10 Å². The number of nitrogens with one attached hydrogen (secondary N) is 1. The lowest BCUT2D eigenvalue weighted by atomic mass is 10.1. The van der Waals surface area contributed by atoms with Gasteiger partial charge < -0.3 is 5.32 Å². The van der Waals surface area contributed by atoms with E-state index in [0.29, 0.717) is 6.42 Å². The zero-order chi connectivity index (χ0) is 10.7. The topological polar surface area (TPSA) is 47.9 Å². The summed E-state index contributed by atoms with van der Waals surface area (Å²) < 4.78 is 0. The Balaban J connectivity index is 1.88. The molecule has 1 fully saturated rings. The average Bonchev–Trinajstić information content (AvgIpc) is 2.25. The van der Waals surface area contributed by atoms with Crippen LogP contribution in [0, 0.1) is 0 Å². The molecule has 0 saturated carbocycles. The third-order valence-corrected chi connectivity index (χ3v) is 2.90. The molecular weight excluding hydrogens is 192 g/mol. The molecule has 0 bridgehead atoms. The monoisotopic (exact) mass is 210 g/mol. The number of hydrazone groups is 1. The average molecular weight is 210 g/mol. The zero-order valence-corrected chi connectivity index (χ0v) is 9.20. The summed E-state index contributed by atoms with van der Waals surface area (Å²) >= 11 is 0. The highest BCUT2D eigenvalue weighted by Gasteiger charge is 2.19. The van der Waals surface area contributed by atoms with E-state index in [-0.39, 0.29) is 5.91 Å². The number of hydrogen-bond acceptors (Lipinski definition) is 4. The van der Waals surface area contributed by atoms with Gasteiger partial charge in [-0.2, -0.15) is 5.10 Å².